The Hall–Kier alpha value is -3.05. The topological polar surface area (TPSA) is 65.1 Å². The highest BCUT2D eigenvalue weighted by atomic mass is 127. The van der Waals surface area contributed by atoms with Crippen molar-refractivity contribution in [3.05, 3.63) is 91.6 Å². The number of aryl methyl sites for hydroxylation is 1. The van der Waals surface area contributed by atoms with Crippen LogP contribution in [0, 0.1) is 16.3 Å². The molecule has 2 amide bonds. The molecule has 0 saturated carbocycles. The molecule has 0 N–H and O–H groups in total. The van der Waals surface area contributed by atoms with E-state index in [1.54, 1.807) is 30.3 Å². The smallest absolute Gasteiger partial charge is 0.293 e. The van der Waals surface area contributed by atoms with E-state index < -0.39 is 0 Å². The summed E-state index contributed by atoms with van der Waals surface area (Å²) in [6, 6.07) is 17.6. The predicted octanol–water partition coefficient (Wildman–Crippen LogP) is 6.83. The van der Waals surface area contributed by atoms with Crippen LogP contribution in [0.2, 0.25) is 0 Å². The molecule has 4 rings (SSSR count). The minimum Gasteiger partial charge on any atom is -0.492 e. The van der Waals surface area contributed by atoms with Crippen molar-refractivity contribution in [1.82, 2.24) is 4.90 Å². The third kappa shape index (κ3) is 6.84. The van der Waals surface area contributed by atoms with Crippen LogP contribution >= 0.6 is 34.4 Å². The fourth-order valence-electron chi connectivity index (χ4n) is 3.57. The van der Waals surface area contributed by atoms with Crippen molar-refractivity contribution in [2.45, 2.75) is 20.5 Å². The number of carbonyl (C=O) groups is 2. The largest absolute Gasteiger partial charge is 0.492 e. The van der Waals surface area contributed by atoms with Gasteiger partial charge in [-0.3, -0.25) is 14.5 Å². The number of benzene rings is 3. The minimum absolute atomic E-state index is 0.0473. The number of amides is 2. The molecular formula is C28H25FINO5S. The number of carbonyl (C=O) groups excluding carboxylic acids is 2. The summed E-state index contributed by atoms with van der Waals surface area (Å²) >= 11 is 3.00. The SMILES string of the molecule is CCOc1cc(/C=C2\SC(=O)N(CCOc3ccc(C)cc3)C2=O)cc(I)c1OCc1ccccc1F. The van der Waals surface area contributed by atoms with Gasteiger partial charge in [0.05, 0.1) is 21.6 Å². The van der Waals surface area contributed by atoms with Gasteiger partial charge in [0.25, 0.3) is 11.1 Å². The summed E-state index contributed by atoms with van der Waals surface area (Å²) in [7, 11) is 0. The monoisotopic (exact) mass is 633 g/mol. The number of hydrogen-bond acceptors (Lipinski definition) is 6. The van der Waals surface area contributed by atoms with Gasteiger partial charge in [-0.05, 0) is 90.2 Å². The predicted molar refractivity (Wildman–Crippen MR) is 150 cm³/mol. The summed E-state index contributed by atoms with van der Waals surface area (Å²) in [4.78, 5) is 26.9. The lowest BCUT2D eigenvalue weighted by Crippen LogP contribution is -2.32. The summed E-state index contributed by atoms with van der Waals surface area (Å²) in [5.41, 5.74) is 2.24. The molecule has 6 nitrogen and oxygen atoms in total. The van der Waals surface area contributed by atoms with Crippen molar-refractivity contribution in [2.24, 2.45) is 0 Å². The van der Waals surface area contributed by atoms with Crippen LogP contribution in [0.15, 0.2) is 65.6 Å². The molecule has 1 saturated heterocycles. The summed E-state index contributed by atoms with van der Waals surface area (Å²) in [5.74, 6) is 0.942. The van der Waals surface area contributed by atoms with Crippen LogP contribution in [0.4, 0.5) is 9.18 Å². The highest BCUT2D eigenvalue weighted by Gasteiger charge is 2.35. The molecule has 0 unspecified atom stereocenters. The van der Waals surface area contributed by atoms with E-state index in [4.69, 9.17) is 14.2 Å². The Morgan fingerprint density at radius 3 is 2.51 bits per heavy atom. The maximum Gasteiger partial charge on any atom is 0.293 e. The van der Waals surface area contributed by atoms with Crippen LogP contribution in [-0.4, -0.2) is 35.8 Å². The van der Waals surface area contributed by atoms with Gasteiger partial charge in [-0.1, -0.05) is 35.9 Å². The number of thioether (sulfide) groups is 1. The maximum absolute atomic E-state index is 14.0. The molecule has 1 aliphatic rings. The number of hydrogen-bond donors (Lipinski definition) is 0. The van der Waals surface area contributed by atoms with Crippen LogP contribution in [0.25, 0.3) is 6.08 Å². The molecule has 0 radical (unpaired) electrons. The second-order valence-electron chi connectivity index (χ2n) is 8.14. The van der Waals surface area contributed by atoms with E-state index in [9.17, 15) is 14.0 Å². The van der Waals surface area contributed by atoms with E-state index in [0.717, 1.165) is 20.9 Å². The highest BCUT2D eigenvalue weighted by molar-refractivity contribution is 14.1. The number of halogens is 2. The molecule has 1 aliphatic heterocycles. The van der Waals surface area contributed by atoms with Gasteiger partial charge in [0.1, 0.15) is 24.8 Å². The summed E-state index contributed by atoms with van der Waals surface area (Å²) in [5, 5.41) is -0.340. The van der Waals surface area contributed by atoms with Crippen molar-refractivity contribution in [3.63, 3.8) is 0 Å². The van der Waals surface area contributed by atoms with Crippen molar-refractivity contribution in [2.75, 3.05) is 19.8 Å². The Morgan fingerprint density at radius 2 is 1.78 bits per heavy atom. The normalized spacial score (nSPS) is 14.4. The zero-order valence-electron chi connectivity index (χ0n) is 20.3. The fraction of sp³-hybridized carbons (Fsp3) is 0.214. The fourth-order valence-corrected chi connectivity index (χ4v) is 5.22. The Balaban J connectivity index is 1.46. The summed E-state index contributed by atoms with van der Waals surface area (Å²) in [6.45, 7) is 4.64. The van der Waals surface area contributed by atoms with Crippen molar-refractivity contribution >= 4 is 51.6 Å². The zero-order chi connectivity index (χ0) is 26.4. The second-order valence-corrected chi connectivity index (χ2v) is 10.3. The average molecular weight is 633 g/mol. The average Bonchev–Trinajstić information content (AvgIpc) is 3.13. The van der Waals surface area contributed by atoms with Gasteiger partial charge in [-0.15, -0.1) is 0 Å². The molecule has 0 aromatic heterocycles. The highest BCUT2D eigenvalue weighted by Crippen LogP contribution is 2.38. The lowest BCUT2D eigenvalue weighted by atomic mass is 10.1. The molecule has 3 aromatic rings. The third-order valence-electron chi connectivity index (χ3n) is 5.44. The quantitative estimate of drug-likeness (QED) is 0.180. The van der Waals surface area contributed by atoms with Crippen molar-refractivity contribution < 1.29 is 28.2 Å². The number of ether oxygens (including phenoxy) is 3. The lowest BCUT2D eigenvalue weighted by molar-refractivity contribution is -0.123. The first kappa shape index (κ1) is 27.0. The first-order valence-electron chi connectivity index (χ1n) is 11.6. The molecule has 0 bridgehead atoms. The minimum atomic E-state index is -0.365. The molecule has 3 aromatic carbocycles. The van der Waals surface area contributed by atoms with E-state index in [-0.39, 0.29) is 36.7 Å². The second kappa shape index (κ2) is 12.5. The van der Waals surface area contributed by atoms with E-state index >= 15 is 0 Å². The molecule has 1 fully saturated rings. The third-order valence-corrected chi connectivity index (χ3v) is 7.15. The molecule has 9 heteroatoms. The van der Waals surface area contributed by atoms with E-state index in [2.05, 4.69) is 22.6 Å². The number of rotatable bonds is 10. The number of imide groups is 1. The summed E-state index contributed by atoms with van der Waals surface area (Å²) in [6.07, 6.45) is 1.66. The standard InChI is InChI=1S/C28H25FINO5S/c1-3-34-24-15-19(14-23(30)26(24)36-17-20-6-4-5-7-22(20)29)16-25-27(32)31(28(33)37-25)12-13-35-21-10-8-18(2)9-11-21/h4-11,14-16H,3,12-13,17H2,1-2H3/b25-16-. The van der Waals surface area contributed by atoms with Gasteiger partial charge in [-0.25, -0.2) is 4.39 Å². The lowest BCUT2D eigenvalue weighted by Gasteiger charge is -2.15. The van der Waals surface area contributed by atoms with Gasteiger partial charge in [-0.2, -0.15) is 0 Å². The zero-order valence-corrected chi connectivity index (χ0v) is 23.3. The Kier molecular flexibility index (Phi) is 9.09. The van der Waals surface area contributed by atoms with E-state index in [0.29, 0.717) is 39.9 Å². The van der Waals surface area contributed by atoms with Crippen LogP contribution in [0.5, 0.6) is 17.2 Å². The molecule has 1 heterocycles. The van der Waals surface area contributed by atoms with Crippen molar-refractivity contribution in [1.29, 1.82) is 0 Å². The van der Waals surface area contributed by atoms with Gasteiger partial charge in [0.2, 0.25) is 0 Å². The molecule has 0 aliphatic carbocycles. The van der Waals surface area contributed by atoms with Gasteiger partial charge >= 0.3 is 0 Å². The Morgan fingerprint density at radius 1 is 1.03 bits per heavy atom. The van der Waals surface area contributed by atoms with Crippen molar-refractivity contribution in [3.8, 4) is 17.2 Å². The van der Waals surface area contributed by atoms with E-state index in [1.165, 1.54) is 11.0 Å². The van der Waals surface area contributed by atoms with Crippen LogP contribution in [-0.2, 0) is 11.4 Å². The molecule has 192 valence electrons. The first-order valence-corrected chi connectivity index (χ1v) is 13.5. The number of nitrogens with zero attached hydrogens (tertiary/aromatic N) is 1. The first-order chi connectivity index (χ1) is 17.9. The van der Waals surface area contributed by atoms with Crippen LogP contribution in [0.1, 0.15) is 23.6 Å². The molecule has 0 spiro atoms. The van der Waals surface area contributed by atoms with Gasteiger partial charge < -0.3 is 14.2 Å². The van der Waals surface area contributed by atoms with Gasteiger partial charge in [0, 0.05) is 5.56 Å². The Bertz CT molecular complexity index is 1330. The maximum atomic E-state index is 14.0. The van der Waals surface area contributed by atoms with Gasteiger partial charge in [0.15, 0.2) is 11.5 Å². The molecule has 0 atom stereocenters. The molecular weight excluding hydrogens is 608 g/mol. The van der Waals surface area contributed by atoms with Crippen LogP contribution < -0.4 is 14.2 Å². The molecule has 37 heavy (non-hydrogen) atoms. The van der Waals surface area contributed by atoms with E-state index in [1.807, 2.05) is 44.2 Å². The Labute approximate surface area is 232 Å². The van der Waals surface area contributed by atoms with Crippen LogP contribution in [0.3, 0.4) is 0 Å². The summed E-state index contributed by atoms with van der Waals surface area (Å²) < 4.78 is 32.1.